The van der Waals surface area contributed by atoms with Crippen LogP contribution in [0.1, 0.15) is 55.0 Å². The summed E-state index contributed by atoms with van der Waals surface area (Å²) in [6.07, 6.45) is 0.950. The third-order valence-electron chi connectivity index (χ3n) is 8.00. The number of halogens is 3. The number of nitrogens with zero attached hydrogens (tertiary/aromatic N) is 1. The number of anilines is 1. The lowest BCUT2D eigenvalue weighted by molar-refractivity contribution is -0.143. The molecule has 0 aromatic heterocycles. The Morgan fingerprint density at radius 3 is 2.35 bits per heavy atom. The van der Waals surface area contributed by atoms with Crippen LogP contribution in [0.15, 0.2) is 42.5 Å². The monoisotopic (exact) mass is 598 g/mol. The van der Waals surface area contributed by atoms with E-state index in [1.165, 1.54) is 36.4 Å². The van der Waals surface area contributed by atoms with Gasteiger partial charge in [-0.25, -0.2) is 13.2 Å². The van der Waals surface area contributed by atoms with Crippen LogP contribution < -0.4 is 19.5 Å². The van der Waals surface area contributed by atoms with Gasteiger partial charge in [0.2, 0.25) is 18.4 Å². The summed E-state index contributed by atoms with van der Waals surface area (Å²) in [5.74, 6) is -5.21. The van der Waals surface area contributed by atoms with Gasteiger partial charge >= 0.3 is 5.97 Å². The number of rotatable bonds is 10. The minimum absolute atomic E-state index is 0.00543. The molecule has 5 rings (SSSR count). The molecule has 2 aliphatic rings. The number of amides is 1. The summed E-state index contributed by atoms with van der Waals surface area (Å²) < 4.78 is 60.6. The Kier molecular flexibility index (Phi) is 8.82. The number of nitrogens with one attached hydrogen (secondary N) is 1. The van der Waals surface area contributed by atoms with E-state index in [1.807, 2.05) is 13.8 Å². The number of benzene rings is 3. The molecule has 1 amide bonds. The van der Waals surface area contributed by atoms with Gasteiger partial charge in [-0.15, -0.1) is 0 Å². The van der Waals surface area contributed by atoms with Crippen molar-refractivity contribution < 1.29 is 42.1 Å². The number of hydrogen-bond acceptors (Lipinski definition) is 6. The summed E-state index contributed by atoms with van der Waals surface area (Å²) >= 11 is 0. The van der Waals surface area contributed by atoms with Crippen LogP contribution >= 0.6 is 0 Å². The molecule has 11 heteroatoms. The van der Waals surface area contributed by atoms with Crippen LogP contribution in [0.3, 0.4) is 0 Å². The third kappa shape index (κ3) is 5.99. The molecule has 3 atom stereocenters. The van der Waals surface area contributed by atoms with Crippen LogP contribution in [0, 0.1) is 23.4 Å². The van der Waals surface area contributed by atoms with Crippen LogP contribution in [-0.4, -0.2) is 48.4 Å². The molecular weight excluding hydrogens is 565 g/mol. The van der Waals surface area contributed by atoms with Gasteiger partial charge in [0.1, 0.15) is 17.4 Å². The number of carboxylic acid groups (broad SMARTS) is 1. The molecular formula is C32H33F3N2O6. The fourth-order valence-corrected chi connectivity index (χ4v) is 6.11. The molecule has 43 heavy (non-hydrogen) atoms. The molecule has 1 saturated heterocycles. The number of hydrogen-bond donors (Lipinski definition) is 2. The second kappa shape index (κ2) is 12.5. The summed E-state index contributed by atoms with van der Waals surface area (Å²) in [7, 11) is 0. The summed E-state index contributed by atoms with van der Waals surface area (Å²) in [6, 6.07) is 8.57. The molecule has 0 saturated carbocycles. The molecule has 0 spiro atoms. The van der Waals surface area contributed by atoms with E-state index in [9.17, 15) is 23.5 Å². The van der Waals surface area contributed by atoms with Gasteiger partial charge in [0.15, 0.2) is 11.6 Å². The average molecular weight is 599 g/mol. The maximum atomic E-state index is 15.6. The highest BCUT2D eigenvalue weighted by molar-refractivity contribution is 5.94. The van der Waals surface area contributed by atoms with Gasteiger partial charge in [-0.3, -0.25) is 14.5 Å². The van der Waals surface area contributed by atoms with Crippen molar-refractivity contribution in [2.75, 3.05) is 31.8 Å². The number of carbonyl (C=O) groups excluding carboxylic acids is 1. The van der Waals surface area contributed by atoms with Crippen molar-refractivity contribution in [1.82, 2.24) is 4.90 Å². The number of aryl methyl sites for hydroxylation is 2. The maximum absolute atomic E-state index is 15.6. The number of ether oxygens (including phenoxy) is 3. The fraction of sp³-hybridized carbons (Fsp3) is 0.375. The van der Waals surface area contributed by atoms with Gasteiger partial charge in [0, 0.05) is 29.8 Å². The van der Waals surface area contributed by atoms with E-state index < -0.39 is 47.2 Å². The van der Waals surface area contributed by atoms with E-state index in [4.69, 9.17) is 14.2 Å². The molecule has 3 aromatic carbocycles. The highest BCUT2D eigenvalue weighted by Crippen LogP contribution is 2.49. The Hall–Kier alpha value is -4.25. The van der Waals surface area contributed by atoms with E-state index in [0.29, 0.717) is 41.8 Å². The van der Waals surface area contributed by atoms with E-state index in [0.717, 1.165) is 0 Å². The van der Waals surface area contributed by atoms with Gasteiger partial charge < -0.3 is 24.6 Å². The molecule has 8 nitrogen and oxygen atoms in total. The van der Waals surface area contributed by atoms with Crippen LogP contribution in [0.5, 0.6) is 17.2 Å². The normalized spacial score (nSPS) is 19.4. The Bertz CT molecular complexity index is 1520. The first-order chi connectivity index (χ1) is 20.6. The lowest BCUT2D eigenvalue weighted by Gasteiger charge is -2.27. The fourth-order valence-electron chi connectivity index (χ4n) is 6.11. The first-order valence-electron chi connectivity index (χ1n) is 14.2. The Morgan fingerprint density at radius 2 is 1.72 bits per heavy atom. The zero-order valence-corrected chi connectivity index (χ0v) is 24.1. The smallest absolute Gasteiger partial charge is 0.309 e. The highest BCUT2D eigenvalue weighted by Gasteiger charge is 2.49. The molecule has 0 radical (unpaired) electrons. The van der Waals surface area contributed by atoms with Crippen molar-refractivity contribution in [3.05, 3.63) is 82.2 Å². The summed E-state index contributed by atoms with van der Waals surface area (Å²) in [5, 5.41) is 13.3. The second-order valence-corrected chi connectivity index (χ2v) is 10.6. The van der Waals surface area contributed by atoms with Gasteiger partial charge in [-0.05, 0) is 66.8 Å². The van der Waals surface area contributed by atoms with Gasteiger partial charge in [-0.1, -0.05) is 19.9 Å². The molecule has 2 N–H and O–H groups in total. The quantitative estimate of drug-likeness (QED) is 0.303. The first-order valence-corrected chi connectivity index (χ1v) is 14.2. The zero-order valence-electron chi connectivity index (χ0n) is 24.1. The third-order valence-corrected chi connectivity index (χ3v) is 8.00. The highest BCUT2D eigenvalue weighted by atomic mass is 19.1. The van der Waals surface area contributed by atoms with Crippen molar-refractivity contribution in [2.24, 2.45) is 5.92 Å². The minimum atomic E-state index is -1.25. The molecule has 2 aliphatic heterocycles. The van der Waals surface area contributed by atoms with Crippen molar-refractivity contribution >= 4 is 17.6 Å². The first kappa shape index (κ1) is 30.2. The number of fused-ring (bicyclic) bond motifs is 1. The van der Waals surface area contributed by atoms with E-state index in [1.54, 1.807) is 17.9 Å². The minimum Gasteiger partial charge on any atom is -0.494 e. The molecule has 3 aromatic rings. The van der Waals surface area contributed by atoms with Gasteiger partial charge in [-0.2, -0.15) is 0 Å². The number of aliphatic carboxylic acids is 1. The number of likely N-dealkylation sites (tertiary alicyclic amines) is 1. The SMILES string of the molecule is CCOc1ccc([C@H]2C(C(=O)O)[C@@H](c3cc(F)c4c(c3)OCO4)CN2CC(=O)Nc2c(CC)cc(F)cc2CC)c(F)c1. The van der Waals surface area contributed by atoms with Crippen molar-refractivity contribution in [3.63, 3.8) is 0 Å². The molecule has 1 fully saturated rings. The van der Waals surface area contributed by atoms with Crippen LogP contribution in [-0.2, 0) is 22.4 Å². The largest absolute Gasteiger partial charge is 0.494 e. The molecule has 228 valence electrons. The lowest BCUT2D eigenvalue weighted by atomic mass is 9.82. The second-order valence-electron chi connectivity index (χ2n) is 10.6. The van der Waals surface area contributed by atoms with E-state index in [2.05, 4.69) is 5.32 Å². The summed E-state index contributed by atoms with van der Waals surface area (Å²) in [5.41, 5.74) is 2.14. The topological polar surface area (TPSA) is 97.3 Å². The van der Waals surface area contributed by atoms with Crippen molar-refractivity contribution in [3.8, 4) is 17.2 Å². The zero-order chi connectivity index (χ0) is 30.8. The van der Waals surface area contributed by atoms with Gasteiger partial charge in [0.05, 0.1) is 25.1 Å². The predicted octanol–water partition coefficient (Wildman–Crippen LogP) is 5.84. The molecule has 0 bridgehead atoms. The molecule has 0 aliphatic carbocycles. The van der Waals surface area contributed by atoms with Crippen LogP contribution in [0.2, 0.25) is 0 Å². The molecule has 2 heterocycles. The standard InChI is InChI=1S/C32H33F3N2O6/c1-4-17-9-20(33)10-18(5-2)29(17)36-27(38)15-37-14-23(19-11-25(35)31-26(12-19)42-16-43-31)28(32(39)40)30(37)22-8-7-21(41-6-3)13-24(22)34/h7-13,23,28,30H,4-6,14-16H2,1-3H3,(H,36,38)(H,39,40)/t23-,28?,30+/m1/s1. The number of carboxylic acids is 1. The summed E-state index contributed by atoms with van der Waals surface area (Å²) in [4.78, 5) is 27.9. The average Bonchev–Trinajstić information content (AvgIpc) is 3.59. The predicted molar refractivity (Wildman–Crippen MR) is 152 cm³/mol. The lowest BCUT2D eigenvalue weighted by Crippen LogP contribution is -2.36. The summed E-state index contributed by atoms with van der Waals surface area (Å²) in [6.45, 7) is 5.31. The number of carbonyl (C=O) groups is 2. The van der Waals surface area contributed by atoms with Gasteiger partial charge in [0.25, 0.3) is 0 Å². The van der Waals surface area contributed by atoms with Crippen molar-refractivity contribution in [2.45, 2.75) is 45.6 Å². The molecule has 1 unspecified atom stereocenters. The van der Waals surface area contributed by atoms with E-state index in [-0.39, 0.29) is 42.7 Å². The maximum Gasteiger partial charge on any atom is 0.309 e. The van der Waals surface area contributed by atoms with E-state index >= 15 is 4.39 Å². The van der Waals surface area contributed by atoms with Crippen LogP contribution in [0.25, 0.3) is 0 Å². The Labute approximate surface area is 247 Å². The van der Waals surface area contributed by atoms with Crippen molar-refractivity contribution in [1.29, 1.82) is 0 Å². The Balaban J connectivity index is 1.54. The van der Waals surface area contributed by atoms with Crippen LogP contribution in [0.4, 0.5) is 18.9 Å². The Morgan fingerprint density at radius 1 is 1.00 bits per heavy atom.